The van der Waals surface area contributed by atoms with Gasteiger partial charge < -0.3 is 4.55 Å². The molecule has 0 aromatic heterocycles. The molecule has 0 heterocycles. The van der Waals surface area contributed by atoms with Crippen molar-refractivity contribution in [3.63, 3.8) is 0 Å². The molecule has 5 heteroatoms. The van der Waals surface area contributed by atoms with E-state index in [9.17, 15) is 13.6 Å². The third kappa shape index (κ3) is 3.45. The van der Waals surface area contributed by atoms with Crippen molar-refractivity contribution in [2.24, 2.45) is 0 Å². The van der Waals surface area contributed by atoms with Gasteiger partial charge in [-0.05, 0) is 23.6 Å². The highest BCUT2D eigenvalue weighted by Gasteiger charge is 2.22. The van der Waals surface area contributed by atoms with Crippen LogP contribution in [-0.4, -0.2) is 20.3 Å². The van der Waals surface area contributed by atoms with Crippen molar-refractivity contribution in [2.75, 3.05) is 0 Å². The van der Waals surface area contributed by atoms with Crippen molar-refractivity contribution in [2.45, 2.75) is 20.8 Å². The smallest absolute Gasteiger partial charge is 0.205 e. The quantitative estimate of drug-likeness (QED) is 0.629. The van der Waals surface area contributed by atoms with Crippen LogP contribution in [0.2, 0.25) is 0 Å². The number of nitrogens with one attached hydrogen (secondary N) is 1. The van der Waals surface area contributed by atoms with Gasteiger partial charge >= 0.3 is 0 Å². The van der Waals surface area contributed by atoms with E-state index in [4.69, 9.17) is 5.41 Å². The van der Waals surface area contributed by atoms with Gasteiger partial charge in [-0.2, -0.15) is 0 Å². The summed E-state index contributed by atoms with van der Waals surface area (Å²) in [5, 5.41) is 7.57. The summed E-state index contributed by atoms with van der Waals surface area (Å²) >= 11 is -2.51. The Labute approximate surface area is 110 Å². The van der Waals surface area contributed by atoms with Crippen molar-refractivity contribution < 1.29 is 13.6 Å². The molecule has 0 saturated heterocycles. The normalized spacial score (nSPS) is 17.2. The van der Waals surface area contributed by atoms with Gasteiger partial charge in [0.05, 0.1) is 0 Å². The Morgan fingerprint density at radius 3 is 2.33 bits per heavy atom. The lowest BCUT2D eigenvalue weighted by Gasteiger charge is -2.19. The van der Waals surface area contributed by atoms with Crippen LogP contribution in [0.5, 0.6) is 0 Å². The van der Waals surface area contributed by atoms with E-state index in [0.29, 0.717) is 0 Å². The van der Waals surface area contributed by atoms with Crippen LogP contribution >= 0.6 is 0 Å². The Balaban J connectivity index is 0.00000137. The van der Waals surface area contributed by atoms with Gasteiger partial charge in [-0.1, -0.05) is 38.7 Å². The SMILES string of the molecule is C=CC1=C(/C=C\C)C(=N)C(=O)C=C1S(=O)[O-].CC. The number of allylic oxidation sites excluding steroid dienone is 6. The molecule has 0 fully saturated rings. The maximum Gasteiger partial charge on any atom is 0.205 e. The van der Waals surface area contributed by atoms with E-state index >= 15 is 0 Å². The molecule has 0 aromatic carbocycles. The number of ketones is 1. The zero-order valence-corrected chi connectivity index (χ0v) is 11.5. The van der Waals surface area contributed by atoms with E-state index in [2.05, 4.69) is 6.58 Å². The Bertz CT molecular complexity index is 484. The zero-order valence-electron chi connectivity index (χ0n) is 10.6. The van der Waals surface area contributed by atoms with Crippen LogP contribution in [0.15, 0.2) is 46.9 Å². The monoisotopic (exact) mass is 266 g/mol. The highest BCUT2D eigenvalue weighted by molar-refractivity contribution is 7.83. The second-order valence-electron chi connectivity index (χ2n) is 3.01. The van der Waals surface area contributed by atoms with Gasteiger partial charge in [0.1, 0.15) is 5.71 Å². The summed E-state index contributed by atoms with van der Waals surface area (Å²) in [6.07, 6.45) is 5.43. The third-order valence-corrected chi connectivity index (χ3v) is 2.75. The molecule has 4 nitrogen and oxygen atoms in total. The van der Waals surface area contributed by atoms with Crippen LogP contribution in [0.3, 0.4) is 0 Å². The van der Waals surface area contributed by atoms with Gasteiger partial charge in [0.15, 0.2) is 0 Å². The van der Waals surface area contributed by atoms with Gasteiger partial charge in [-0.25, -0.2) is 0 Å². The van der Waals surface area contributed by atoms with Gasteiger partial charge in [0, 0.05) is 16.6 Å². The molecule has 1 aliphatic rings. The van der Waals surface area contributed by atoms with E-state index < -0.39 is 16.9 Å². The summed E-state index contributed by atoms with van der Waals surface area (Å²) in [6, 6.07) is 0. The molecule has 98 valence electrons. The Morgan fingerprint density at radius 1 is 1.39 bits per heavy atom. The number of carbonyl (C=O) groups is 1. The molecule has 0 amide bonds. The van der Waals surface area contributed by atoms with Gasteiger partial charge in [0.25, 0.3) is 0 Å². The fraction of sp³-hybridized carbons (Fsp3) is 0.231. The summed E-state index contributed by atoms with van der Waals surface area (Å²) in [4.78, 5) is 11.3. The first-order chi connectivity index (χ1) is 8.52. The standard InChI is InChI=1S/C11H11NO3S.C2H6/c1-3-5-8-7(4-2)10(16(14)15)6-9(13)11(8)12;1-2/h3-6,12H,2H2,1H3,(H,14,15);1-2H3/p-1/b5-3-,12-11?;. The largest absolute Gasteiger partial charge is 0.768 e. The van der Waals surface area contributed by atoms with Crippen molar-refractivity contribution >= 4 is 22.6 Å². The summed E-state index contributed by atoms with van der Waals surface area (Å²) in [5.41, 5.74) is 0.349. The summed E-state index contributed by atoms with van der Waals surface area (Å²) in [5.74, 6) is -0.613. The third-order valence-electron chi connectivity index (χ3n) is 2.05. The first kappa shape index (κ1) is 16.4. The van der Waals surface area contributed by atoms with Gasteiger partial charge in [-0.3, -0.25) is 14.4 Å². The van der Waals surface area contributed by atoms with E-state index in [1.807, 2.05) is 13.8 Å². The number of hydrogen-bond donors (Lipinski definition) is 1. The lowest BCUT2D eigenvalue weighted by molar-refractivity contribution is -0.108. The van der Waals surface area contributed by atoms with Crippen molar-refractivity contribution in [1.82, 2.24) is 0 Å². The molecular weight excluding hydrogens is 250 g/mol. The maximum atomic E-state index is 11.4. The molecule has 18 heavy (non-hydrogen) atoms. The molecule has 0 bridgehead atoms. The molecule has 1 rings (SSSR count). The minimum atomic E-state index is -2.51. The highest BCUT2D eigenvalue weighted by Crippen LogP contribution is 2.25. The van der Waals surface area contributed by atoms with E-state index in [0.717, 1.165) is 6.08 Å². The highest BCUT2D eigenvalue weighted by atomic mass is 32.2. The average Bonchev–Trinajstić information content (AvgIpc) is 2.37. The second-order valence-corrected chi connectivity index (χ2v) is 3.92. The van der Waals surface area contributed by atoms with Crippen molar-refractivity contribution in [3.8, 4) is 0 Å². The van der Waals surface area contributed by atoms with Crippen LogP contribution in [0.25, 0.3) is 0 Å². The number of carbonyl (C=O) groups excluding carboxylic acids is 1. The van der Waals surface area contributed by atoms with E-state index in [-0.39, 0.29) is 21.8 Å². The molecule has 1 N–H and O–H groups in total. The lowest BCUT2D eigenvalue weighted by Crippen LogP contribution is -2.20. The fourth-order valence-electron chi connectivity index (χ4n) is 1.36. The van der Waals surface area contributed by atoms with E-state index in [1.165, 1.54) is 12.2 Å². The van der Waals surface area contributed by atoms with Crippen LogP contribution < -0.4 is 0 Å². The van der Waals surface area contributed by atoms with E-state index in [1.54, 1.807) is 13.0 Å². The molecule has 0 aromatic rings. The Kier molecular flexibility index (Phi) is 7.00. The van der Waals surface area contributed by atoms with Crippen LogP contribution in [0, 0.1) is 5.41 Å². The summed E-state index contributed by atoms with van der Waals surface area (Å²) < 4.78 is 21.9. The minimum absolute atomic E-state index is 0.121. The maximum absolute atomic E-state index is 11.4. The summed E-state index contributed by atoms with van der Waals surface area (Å²) in [6.45, 7) is 9.21. The molecule has 0 radical (unpaired) electrons. The first-order valence-electron chi connectivity index (χ1n) is 5.47. The molecule has 0 spiro atoms. The Morgan fingerprint density at radius 2 is 1.94 bits per heavy atom. The molecule has 0 aliphatic heterocycles. The molecular formula is C13H16NO3S-. The first-order valence-corrected chi connectivity index (χ1v) is 6.54. The number of hydrogen-bond acceptors (Lipinski definition) is 4. The van der Waals surface area contributed by atoms with Crippen LogP contribution in [0.1, 0.15) is 20.8 Å². The minimum Gasteiger partial charge on any atom is -0.768 e. The zero-order chi connectivity index (χ0) is 14.3. The predicted octanol–water partition coefficient (Wildman–Crippen LogP) is 2.44. The molecule has 0 saturated carbocycles. The van der Waals surface area contributed by atoms with Crippen molar-refractivity contribution in [1.29, 1.82) is 5.41 Å². The van der Waals surface area contributed by atoms with Crippen LogP contribution in [0.4, 0.5) is 0 Å². The number of rotatable bonds is 3. The molecule has 1 atom stereocenters. The van der Waals surface area contributed by atoms with Gasteiger partial charge in [-0.15, -0.1) is 0 Å². The molecule has 1 aliphatic carbocycles. The molecule has 1 unspecified atom stereocenters. The average molecular weight is 266 g/mol. The lowest BCUT2D eigenvalue weighted by atomic mass is 9.94. The fourth-order valence-corrected chi connectivity index (χ4v) is 1.93. The van der Waals surface area contributed by atoms with Gasteiger partial charge in [0.2, 0.25) is 5.78 Å². The van der Waals surface area contributed by atoms with Crippen LogP contribution in [-0.2, 0) is 15.9 Å². The predicted molar refractivity (Wildman–Crippen MR) is 73.1 cm³/mol. The Hall–Kier alpha value is -1.59. The van der Waals surface area contributed by atoms with Crippen molar-refractivity contribution in [3.05, 3.63) is 46.9 Å². The topological polar surface area (TPSA) is 81.0 Å². The second kappa shape index (κ2) is 7.68. The summed E-state index contributed by atoms with van der Waals surface area (Å²) in [7, 11) is 0.